The highest BCUT2D eigenvalue weighted by Gasteiger charge is 2.19. The monoisotopic (exact) mass is 450 g/mol. The zero-order valence-corrected chi connectivity index (χ0v) is 17.5. The van der Waals surface area contributed by atoms with Crippen LogP contribution in [0.25, 0.3) is 22.8 Å². The van der Waals surface area contributed by atoms with E-state index in [4.69, 9.17) is 20.9 Å². The Morgan fingerprint density at radius 1 is 1.16 bits per heavy atom. The van der Waals surface area contributed by atoms with Crippen molar-refractivity contribution in [3.63, 3.8) is 0 Å². The van der Waals surface area contributed by atoms with Crippen LogP contribution in [0.15, 0.2) is 53.7 Å². The van der Waals surface area contributed by atoms with Crippen LogP contribution in [0.5, 0.6) is 5.88 Å². The Kier molecular flexibility index (Phi) is 5.25. The Morgan fingerprint density at radius 2 is 2.09 bits per heavy atom. The van der Waals surface area contributed by atoms with E-state index >= 15 is 0 Å². The molecule has 0 amide bonds. The fraction of sp³-hybridized carbons (Fsp3) is 0.158. The number of pyridine rings is 2. The van der Waals surface area contributed by atoms with E-state index in [2.05, 4.69) is 40.7 Å². The van der Waals surface area contributed by atoms with Gasteiger partial charge in [0.15, 0.2) is 0 Å². The molecule has 0 aromatic carbocycles. The molecule has 0 aliphatic heterocycles. The summed E-state index contributed by atoms with van der Waals surface area (Å²) in [6.45, 7) is 0.637. The fourth-order valence-corrected chi connectivity index (χ4v) is 3.09. The molecule has 160 valence electrons. The minimum Gasteiger partial charge on any atom is -0.471 e. The van der Waals surface area contributed by atoms with E-state index in [1.54, 1.807) is 40.0 Å². The van der Waals surface area contributed by atoms with Gasteiger partial charge in [0.25, 0.3) is 5.89 Å². The maximum absolute atomic E-state index is 5.87. The van der Waals surface area contributed by atoms with Crippen molar-refractivity contribution in [2.24, 2.45) is 7.05 Å². The summed E-state index contributed by atoms with van der Waals surface area (Å²) >= 11 is 5.87. The van der Waals surface area contributed by atoms with E-state index in [-0.39, 0.29) is 6.61 Å². The van der Waals surface area contributed by atoms with Gasteiger partial charge < -0.3 is 9.26 Å². The number of aromatic nitrogens is 10. The maximum Gasteiger partial charge on any atom is 0.261 e. The largest absolute Gasteiger partial charge is 0.471 e. The molecule has 5 aromatic heterocycles. The first kappa shape index (κ1) is 19.8. The molecule has 5 aromatic rings. The van der Waals surface area contributed by atoms with Crippen molar-refractivity contribution in [1.82, 2.24) is 50.1 Å². The van der Waals surface area contributed by atoms with Crippen LogP contribution in [-0.4, -0.2) is 50.1 Å². The van der Waals surface area contributed by atoms with Gasteiger partial charge in [0.05, 0.1) is 34.7 Å². The number of aryl methyl sites for hydroxylation is 1. The Morgan fingerprint density at radius 3 is 2.91 bits per heavy atom. The fourth-order valence-electron chi connectivity index (χ4n) is 2.98. The third-order valence-corrected chi connectivity index (χ3v) is 4.79. The summed E-state index contributed by atoms with van der Waals surface area (Å²) in [6, 6.07) is 7.06. The smallest absolute Gasteiger partial charge is 0.261 e. The Hall–Kier alpha value is -4.19. The van der Waals surface area contributed by atoms with Gasteiger partial charge in [0, 0.05) is 31.1 Å². The molecule has 0 spiro atoms. The number of halogens is 1. The van der Waals surface area contributed by atoms with E-state index in [9.17, 15) is 0 Å². The van der Waals surface area contributed by atoms with Gasteiger partial charge in [-0.15, -0.1) is 5.10 Å². The third-order valence-electron chi connectivity index (χ3n) is 4.57. The lowest BCUT2D eigenvalue weighted by molar-refractivity contribution is 0.283. The van der Waals surface area contributed by atoms with Crippen LogP contribution in [0.1, 0.15) is 11.4 Å². The molecule has 13 heteroatoms. The second kappa shape index (κ2) is 8.51. The highest BCUT2D eigenvalue weighted by atomic mass is 35.5. The standard InChI is InChI=1S/C19H15ClN10O2/c1-29-16(10-31-17-3-2-13(20)7-22-17)15(8-24-29)19-25-18(26-32-19)12-4-5-21-14(6-12)9-30-11-23-27-28-30/h2-8,11H,9-10H2,1H3. The second-order valence-corrected chi connectivity index (χ2v) is 7.13. The molecule has 5 rings (SSSR count). The molecule has 0 unspecified atom stereocenters. The van der Waals surface area contributed by atoms with Gasteiger partial charge in [0.2, 0.25) is 11.7 Å². The highest BCUT2D eigenvalue weighted by molar-refractivity contribution is 6.30. The van der Waals surface area contributed by atoms with Gasteiger partial charge in [0.1, 0.15) is 12.9 Å². The summed E-state index contributed by atoms with van der Waals surface area (Å²) in [5.74, 6) is 1.20. The average Bonchev–Trinajstić information content (AvgIpc) is 3.55. The first-order chi connectivity index (χ1) is 15.7. The number of hydrogen-bond acceptors (Lipinski definition) is 10. The van der Waals surface area contributed by atoms with Crippen molar-refractivity contribution in [3.8, 4) is 28.7 Å². The van der Waals surface area contributed by atoms with Crippen LogP contribution < -0.4 is 4.74 Å². The molecule has 12 nitrogen and oxygen atoms in total. The van der Waals surface area contributed by atoms with Crippen LogP contribution in [-0.2, 0) is 20.2 Å². The third kappa shape index (κ3) is 4.16. The van der Waals surface area contributed by atoms with E-state index in [0.29, 0.717) is 34.7 Å². The van der Waals surface area contributed by atoms with Gasteiger partial charge >= 0.3 is 0 Å². The zero-order chi connectivity index (χ0) is 21.9. The van der Waals surface area contributed by atoms with Crippen LogP contribution >= 0.6 is 11.6 Å². The van der Waals surface area contributed by atoms with Crippen molar-refractivity contribution in [2.45, 2.75) is 13.2 Å². The summed E-state index contributed by atoms with van der Waals surface area (Å²) in [5, 5.41) is 20.0. The molecular formula is C19H15ClN10O2. The molecule has 0 fully saturated rings. The molecule has 0 aliphatic rings. The lowest BCUT2D eigenvalue weighted by Gasteiger charge is -2.06. The number of ether oxygens (including phenoxy) is 1. The number of rotatable bonds is 7. The molecular weight excluding hydrogens is 436 g/mol. The average molecular weight is 451 g/mol. The maximum atomic E-state index is 5.87. The van der Waals surface area contributed by atoms with Gasteiger partial charge in [-0.2, -0.15) is 10.1 Å². The summed E-state index contributed by atoms with van der Waals surface area (Å²) in [5.41, 5.74) is 2.94. The summed E-state index contributed by atoms with van der Waals surface area (Å²) in [4.78, 5) is 13.0. The molecule has 0 saturated heterocycles. The van der Waals surface area contributed by atoms with Crippen LogP contribution in [0.3, 0.4) is 0 Å². The predicted molar refractivity (Wildman–Crippen MR) is 110 cm³/mol. The predicted octanol–water partition coefficient (Wildman–Crippen LogP) is 2.19. The molecule has 0 N–H and O–H groups in total. The summed E-state index contributed by atoms with van der Waals surface area (Å²) in [7, 11) is 1.81. The van der Waals surface area contributed by atoms with Gasteiger partial charge in [-0.3, -0.25) is 9.67 Å². The number of tetrazole rings is 1. The first-order valence-corrected chi connectivity index (χ1v) is 9.79. The molecule has 0 atom stereocenters. The Balaban J connectivity index is 1.36. The molecule has 0 bridgehead atoms. The highest BCUT2D eigenvalue weighted by Crippen LogP contribution is 2.26. The minimum atomic E-state index is 0.212. The van der Waals surface area contributed by atoms with Crippen LogP contribution in [0.4, 0.5) is 0 Å². The Labute approximate surface area is 185 Å². The molecule has 32 heavy (non-hydrogen) atoms. The van der Waals surface area contributed by atoms with Crippen molar-refractivity contribution < 1.29 is 9.26 Å². The van der Waals surface area contributed by atoms with Crippen molar-refractivity contribution in [2.75, 3.05) is 0 Å². The summed E-state index contributed by atoms with van der Waals surface area (Å²) in [6.07, 6.45) is 6.37. The van der Waals surface area contributed by atoms with E-state index in [1.807, 2.05) is 13.1 Å². The first-order valence-electron chi connectivity index (χ1n) is 9.41. The molecule has 5 heterocycles. The van der Waals surface area contributed by atoms with Crippen LogP contribution in [0, 0.1) is 0 Å². The van der Waals surface area contributed by atoms with Gasteiger partial charge in [-0.05, 0) is 28.6 Å². The van der Waals surface area contributed by atoms with Crippen molar-refractivity contribution in [3.05, 3.63) is 65.6 Å². The minimum absolute atomic E-state index is 0.212. The van der Waals surface area contributed by atoms with Crippen molar-refractivity contribution in [1.29, 1.82) is 0 Å². The van der Waals surface area contributed by atoms with E-state index in [0.717, 1.165) is 17.0 Å². The van der Waals surface area contributed by atoms with E-state index < -0.39 is 0 Å². The van der Waals surface area contributed by atoms with E-state index in [1.165, 1.54) is 12.5 Å². The lowest BCUT2D eigenvalue weighted by atomic mass is 10.2. The lowest BCUT2D eigenvalue weighted by Crippen LogP contribution is -2.05. The van der Waals surface area contributed by atoms with Crippen LogP contribution in [0.2, 0.25) is 5.02 Å². The topological polar surface area (TPSA) is 135 Å². The number of nitrogens with zero attached hydrogens (tertiary/aromatic N) is 10. The van der Waals surface area contributed by atoms with Crippen molar-refractivity contribution >= 4 is 11.6 Å². The summed E-state index contributed by atoms with van der Waals surface area (Å²) < 4.78 is 14.5. The zero-order valence-electron chi connectivity index (χ0n) is 16.7. The molecule has 0 saturated carbocycles. The van der Waals surface area contributed by atoms with Gasteiger partial charge in [-0.25, -0.2) is 9.67 Å². The van der Waals surface area contributed by atoms with Gasteiger partial charge in [-0.1, -0.05) is 16.8 Å². The quantitative estimate of drug-likeness (QED) is 0.363. The second-order valence-electron chi connectivity index (χ2n) is 6.70. The SMILES string of the molecule is Cn1ncc(-c2nc(-c3ccnc(Cn4cnnn4)c3)no2)c1COc1ccc(Cl)cn1. The normalized spacial score (nSPS) is 11.1. The molecule has 0 aliphatic carbocycles. The number of hydrogen-bond donors (Lipinski definition) is 0. The molecule has 0 radical (unpaired) electrons. The Bertz CT molecular complexity index is 1330.